The van der Waals surface area contributed by atoms with E-state index in [0.29, 0.717) is 10.6 Å². The van der Waals surface area contributed by atoms with E-state index in [0.717, 1.165) is 37.1 Å². The molecule has 1 atom stereocenters. The number of rotatable bonds is 5. The number of hydrogen-bond donors (Lipinski definition) is 2. The van der Waals surface area contributed by atoms with Gasteiger partial charge in [0.05, 0.1) is 6.04 Å². The zero-order valence-corrected chi connectivity index (χ0v) is 20.6. The van der Waals surface area contributed by atoms with Crippen LogP contribution in [-0.2, 0) is 0 Å². The molecule has 1 aliphatic heterocycles. The van der Waals surface area contributed by atoms with Crippen molar-refractivity contribution >= 4 is 42.3 Å². The van der Waals surface area contributed by atoms with Gasteiger partial charge in [0.15, 0.2) is 0 Å². The number of pyridine rings is 2. The van der Waals surface area contributed by atoms with Crippen molar-refractivity contribution in [3.8, 4) is 0 Å². The van der Waals surface area contributed by atoms with Crippen LogP contribution < -0.4 is 16.2 Å². The van der Waals surface area contributed by atoms with Crippen LogP contribution in [0.3, 0.4) is 0 Å². The molecule has 33 heavy (non-hydrogen) atoms. The Morgan fingerprint density at radius 2 is 1.67 bits per heavy atom. The summed E-state index contributed by atoms with van der Waals surface area (Å²) < 4.78 is 1.71. The molecule has 3 heterocycles. The average Bonchev–Trinajstić information content (AvgIpc) is 2.79. The van der Waals surface area contributed by atoms with E-state index in [4.69, 9.17) is 11.6 Å². The Kier molecular flexibility index (Phi) is 9.92. The Labute approximate surface area is 210 Å². The van der Waals surface area contributed by atoms with Crippen LogP contribution >= 0.6 is 36.4 Å². The van der Waals surface area contributed by atoms with E-state index >= 15 is 0 Å². The Bertz CT molecular complexity index is 1110. The average molecular weight is 510 g/mol. The maximum Gasteiger partial charge on any atom is 0.263 e. The first-order chi connectivity index (χ1) is 15.0. The lowest BCUT2D eigenvalue weighted by molar-refractivity contribution is 0.0939. The fourth-order valence-electron chi connectivity index (χ4n) is 4.06. The first-order valence-corrected chi connectivity index (χ1v) is 10.8. The summed E-state index contributed by atoms with van der Waals surface area (Å²) in [5.74, 6) is -0.387. The van der Waals surface area contributed by atoms with Crippen LogP contribution in [0.5, 0.6) is 0 Å². The van der Waals surface area contributed by atoms with Crippen LogP contribution in [-0.4, -0.2) is 28.5 Å². The Hall–Kier alpha value is -2.38. The van der Waals surface area contributed by atoms with Crippen molar-refractivity contribution < 1.29 is 4.79 Å². The number of piperidine rings is 1. The van der Waals surface area contributed by atoms with Gasteiger partial charge in [0, 0.05) is 29.7 Å². The van der Waals surface area contributed by atoms with Gasteiger partial charge >= 0.3 is 0 Å². The number of aromatic nitrogens is 2. The summed E-state index contributed by atoms with van der Waals surface area (Å²) in [6.45, 7) is 3.53. The summed E-state index contributed by atoms with van der Waals surface area (Å²) in [6, 6.07) is 12.5. The number of amides is 1. The van der Waals surface area contributed by atoms with Gasteiger partial charge in [-0.1, -0.05) is 23.7 Å². The zero-order valence-electron chi connectivity index (χ0n) is 18.2. The van der Waals surface area contributed by atoms with Crippen LogP contribution in [0.2, 0.25) is 5.02 Å². The normalized spacial score (nSPS) is 14.5. The largest absolute Gasteiger partial charge is 0.341 e. The number of hydrogen-bond acceptors (Lipinski definition) is 4. The Balaban J connectivity index is 0.00000193. The van der Waals surface area contributed by atoms with Crippen molar-refractivity contribution in [3.63, 3.8) is 0 Å². The number of nitrogens with zero attached hydrogens (tertiary/aromatic N) is 2. The first kappa shape index (κ1) is 26.9. The fraction of sp³-hybridized carbons (Fsp3) is 0.292. The molecule has 2 aromatic heterocycles. The van der Waals surface area contributed by atoms with Crippen LogP contribution in [0.25, 0.3) is 0 Å². The van der Waals surface area contributed by atoms with Gasteiger partial charge in [0.25, 0.3) is 11.5 Å². The van der Waals surface area contributed by atoms with E-state index in [1.807, 2.05) is 36.5 Å². The van der Waals surface area contributed by atoms with Crippen molar-refractivity contribution in [2.45, 2.75) is 31.8 Å². The van der Waals surface area contributed by atoms with Crippen molar-refractivity contribution in [1.82, 2.24) is 20.2 Å². The number of halogens is 3. The molecule has 1 fully saturated rings. The second-order valence-corrected chi connectivity index (χ2v) is 8.24. The molecule has 1 unspecified atom stereocenters. The fourth-order valence-corrected chi connectivity index (χ4v) is 4.19. The third kappa shape index (κ3) is 6.15. The summed E-state index contributed by atoms with van der Waals surface area (Å²) in [5, 5.41) is 6.99. The quantitative estimate of drug-likeness (QED) is 0.531. The maximum absolute atomic E-state index is 13.4. The Morgan fingerprint density at radius 1 is 1.06 bits per heavy atom. The number of carbonyl (C=O) groups excluding carboxylic acids is 1. The minimum atomic E-state index is -0.431. The van der Waals surface area contributed by atoms with E-state index < -0.39 is 6.04 Å². The molecule has 0 saturated carbocycles. The minimum Gasteiger partial charge on any atom is -0.341 e. The van der Waals surface area contributed by atoms with Crippen LogP contribution in [0.4, 0.5) is 0 Å². The molecule has 0 aliphatic carbocycles. The highest BCUT2D eigenvalue weighted by molar-refractivity contribution is 6.30. The van der Waals surface area contributed by atoms with Crippen molar-refractivity contribution in [3.05, 3.63) is 98.7 Å². The van der Waals surface area contributed by atoms with Crippen LogP contribution in [0.15, 0.2) is 65.8 Å². The summed E-state index contributed by atoms with van der Waals surface area (Å²) >= 11 is 6.05. The Morgan fingerprint density at radius 3 is 2.30 bits per heavy atom. The highest BCUT2D eigenvalue weighted by Crippen LogP contribution is 2.24. The van der Waals surface area contributed by atoms with Crippen molar-refractivity contribution in [1.29, 1.82) is 0 Å². The molecule has 2 N–H and O–H groups in total. The molecule has 1 aromatic carbocycles. The molecule has 0 bridgehead atoms. The number of carbonyl (C=O) groups is 1. The van der Waals surface area contributed by atoms with Gasteiger partial charge in [-0.3, -0.25) is 14.6 Å². The molecule has 1 amide bonds. The van der Waals surface area contributed by atoms with Crippen molar-refractivity contribution in [2.75, 3.05) is 13.1 Å². The SMILES string of the molecule is Cc1ccn(C2CCNCC2)c(=O)c1C(=O)NC(c1ccncc1)c1ccc(Cl)cc1.Cl.Cl. The highest BCUT2D eigenvalue weighted by atomic mass is 35.5. The molecule has 0 radical (unpaired) electrons. The number of nitrogens with one attached hydrogen (secondary N) is 2. The van der Waals surface area contributed by atoms with Gasteiger partial charge in [-0.25, -0.2) is 0 Å². The highest BCUT2D eigenvalue weighted by Gasteiger charge is 2.24. The summed E-state index contributed by atoms with van der Waals surface area (Å²) in [4.78, 5) is 30.7. The van der Waals surface area contributed by atoms with Gasteiger partial charge < -0.3 is 15.2 Å². The van der Waals surface area contributed by atoms with Crippen LogP contribution in [0.1, 0.15) is 52.0 Å². The van der Waals surface area contributed by atoms with Crippen molar-refractivity contribution in [2.24, 2.45) is 0 Å². The number of aryl methyl sites for hydroxylation is 1. The molecule has 3 aromatic rings. The molecule has 6 nitrogen and oxygen atoms in total. The molecular formula is C24H27Cl3N4O2. The smallest absolute Gasteiger partial charge is 0.263 e. The topological polar surface area (TPSA) is 76.0 Å². The monoisotopic (exact) mass is 508 g/mol. The molecular weight excluding hydrogens is 483 g/mol. The molecule has 1 saturated heterocycles. The molecule has 176 valence electrons. The third-order valence-corrected chi connectivity index (χ3v) is 6.03. The summed E-state index contributed by atoms with van der Waals surface area (Å²) in [7, 11) is 0. The lowest BCUT2D eigenvalue weighted by Crippen LogP contribution is -2.39. The van der Waals surface area contributed by atoms with Gasteiger partial charge in [0.1, 0.15) is 5.56 Å². The van der Waals surface area contributed by atoms with Gasteiger partial charge in [0.2, 0.25) is 0 Å². The van der Waals surface area contributed by atoms with Crippen LogP contribution in [0, 0.1) is 6.92 Å². The summed E-state index contributed by atoms with van der Waals surface area (Å²) in [5.41, 5.74) is 2.36. The standard InChI is InChI=1S/C24H25ClN4O2.2ClH/c1-16-10-15-29(20-8-13-27-14-9-20)24(31)21(16)23(30)28-22(18-6-11-26-12-7-18)17-2-4-19(25)5-3-17;;/h2-7,10-12,15,20,22,27H,8-9,13-14H2,1H3,(H,28,30);2*1H. The summed E-state index contributed by atoms with van der Waals surface area (Å²) in [6.07, 6.45) is 6.91. The predicted octanol–water partition coefficient (Wildman–Crippen LogP) is 4.49. The van der Waals surface area contributed by atoms with E-state index in [-0.39, 0.29) is 47.9 Å². The van der Waals surface area contributed by atoms with E-state index in [1.54, 1.807) is 36.0 Å². The lowest BCUT2D eigenvalue weighted by atomic mass is 9.98. The lowest BCUT2D eigenvalue weighted by Gasteiger charge is -2.26. The second kappa shape index (κ2) is 12.2. The first-order valence-electron chi connectivity index (χ1n) is 10.4. The molecule has 4 rings (SSSR count). The maximum atomic E-state index is 13.4. The zero-order chi connectivity index (χ0) is 21.8. The van der Waals surface area contributed by atoms with Gasteiger partial charge in [-0.15, -0.1) is 24.8 Å². The van der Waals surface area contributed by atoms with E-state index in [1.165, 1.54) is 0 Å². The molecule has 0 spiro atoms. The van der Waals surface area contributed by atoms with Gasteiger partial charge in [-0.05, 0) is 79.9 Å². The van der Waals surface area contributed by atoms with E-state index in [9.17, 15) is 9.59 Å². The predicted molar refractivity (Wildman–Crippen MR) is 136 cm³/mol. The second-order valence-electron chi connectivity index (χ2n) is 7.81. The van der Waals surface area contributed by atoms with Gasteiger partial charge in [-0.2, -0.15) is 0 Å². The minimum absolute atomic E-state index is 0. The van der Waals surface area contributed by atoms with E-state index in [2.05, 4.69) is 15.6 Å². The molecule has 1 aliphatic rings. The molecule has 9 heteroatoms. The number of benzene rings is 1. The third-order valence-electron chi connectivity index (χ3n) is 5.78.